The molecule has 1 saturated heterocycles. The van der Waals surface area contributed by atoms with Crippen molar-refractivity contribution >= 4 is 5.96 Å². The van der Waals surface area contributed by atoms with E-state index in [-0.39, 0.29) is 0 Å². The lowest BCUT2D eigenvalue weighted by Crippen LogP contribution is -2.39. The van der Waals surface area contributed by atoms with Crippen LogP contribution in [-0.2, 0) is 4.74 Å². The van der Waals surface area contributed by atoms with Crippen LogP contribution in [0.5, 0.6) is 0 Å². The Kier molecular flexibility index (Phi) is 7.76. The van der Waals surface area contributed by atoms with Crippen LogP contribution in [0, 0.1) is 0 Å². The van der Waals surface area contributed by atoms with Crippen LogP contribution >= 0.6 is 0 Å². The Hall–Kier alpha value is -0.810. The second kappa shape index (κ2) is 9.16. The maximum atomic E-state index is 5.57. The summed E-state index contributed by atoms with van der Waals surface area (Å²) in [6.45, 7) is 6.69. The number of aliphatic imine (C=N–C) groups is 1. The quantitative estimate of drug-likeness (QED) is 0.399. The molecule has 5 nitrogen and oxygen atoms in total. The third-order valence-corrected chi connectivity index (χ3v) is 2.90. The summed E-state index contributed by atoms with van der Waals surface area (Å²) in [5.41, 5.74) is 0. The fraction of sp³-hybridized carbons (Fsp3) is 0.923. The van der Waals surface area contributed by atoms with Gasteiger partial charge in [0.1, 0.15) is 0 Å². The van der Waals surface area contributed by atoms with Gasteiger partial charge in [-0.25, -0.2) is 0 Å². The molecule has 18 heavy (non-hydrogen) atoms. The van der Waals surface area contributed by atoms with Crippen LogP contribution in [0.15, 0.2) is 4.99 Å². The summed E-state index contributed by atoms with van der Waals surface area (Å²) < 4.78 is 5.57. The van der Waals surface area contributed by atoms with Gasteiger partial charge < -0.3 is 20.3 Å². The monoisotopic (exact) mass is 256 g/mol. The van der Waals surface area contributed by atoms with Gasteiger partial charge in [-0.1, -0.05) is 0 Å². The molecule has 0 spiro atoms. The molecule has 0 saturated carbocycles. The number of guanidine groups is 1. The van der Waals surface area contributed by atoms with E-state index in [9.17, 15) is 0 Å². The lowest BCUT2D eigenvalue weighted by atomic mass is 10.2. The summed E-state index contributed by atoms with van der Waals surface area (Å²) in [7, 11) is 4.19. The Morgan fingerprint density at radius 1 is 1.39 bits per heavy atom. The van der Waals surface area contributed by atoms with E-state index in [1.54, 1.807) is 0 Å². The number of hydrogen-bond acceptors (Lipinski definition) is 3. The molecule has 1 aliphatic rings. The average Bonchev–Trinajstić information content (AvgIpc) is 2.84. The molecule has 2 N–H and O–H groups in total. The van der Waals surface area contributed by atoms with Crippen molar-refractivity contribution in [3.8, 4) is 0 Å². The molecule has 0 aromatic heterocycles. The lowest BCUT2D eigenvalue weighted by Gasteiger charge is -2.14. The average molecular weight is 256 g/mol. The first-order valence-electron chi connectivity index (χ1n) is 7.01. The van der Waals surface area contributed by atoms with Crippen molar-refractivity contribution in [3.63, 3.8) is 0 Å². The Balaban J connectivity index is 2.22. The molecule has 0 aromatic carbocycles. The fourth-order valence-corrected chi connectivity index (χ4v) is 1.93. The molecule has 1 rings (SSSR count). The summed E-state index contributed by atoms with van der Waals surface area (Å²) in [5.74, 6) is 0.909. The van der Waals surface area contributed by atoms with Gasteiger partial charge in [-0.3, -0.25) is 4.99 Å². The van der Waals surface area contributed by atoms with E-state index < -0.39 is 0 Å². The Morgan fingerprint density at radius 3 is 2.83 bits per heavy atom. The minimum atomic E-state index is 0.322. The van der Waals surface area contributed by atoms with Crippen LogP contribution in [-0.4, -0.2) is 63.8 Å². The molecule has 0 aliphatic carbocycles. The van der Waals surface area contributed by atoms with Crippen molar-refractivity contribution in [1.29, 1.82) is 0 Å². The van der Waals surface area contributed by atoms with Gasteiger partial charge in [-0.2, -0.15) is 0 Å². The van der Waals surface area contributed by atoms with Crippen molar-refractivity contribution in [2.75, 3.05) is 46.9 Å². The van der Waals surface area contributed by atoms with Crippen molar-refractivity contribution in [1.82, 2.24) is 15.5 Å². The van der Waals surface area contributed by atoms with E-state index >= 15 is 0 Å². The zero-order valence-corrected chi connectivity index (χ0v) is 12.0. The van der Waals surface area contributed by atoms with Crippen molar-refractivity contribution in [3.05, 3.63) is 0 Å². The summed E-state index contributed by atoms with van der Waals surface area (Å²) in [6, 6.07) is 0. The van der Waals surface area contributed by atoms with Crippen LogP contribution in [0.2, 0.25) is 0 Å². The maximum Gasteiger partial charge on any atom is 0.191 e. The highest BCUT2D eigenvalue weighted by molar-refractivity contribution is 5.79. The maximum absolute atomic E-state index is 5.57. The number of nitrogens with zero attached hydrogens (tertiary/aromatic N) is 2. The molecule has 1 fully saturated rings. The smallest absolute Gasteiger partial charge is 0.191 e. The lowest BCUT2D eigenvalue weighted by molar-refractivity contribution is 0.117. The molecule has 5 heteroatoms. The van der Waals surface area contributed by atoms with Crippen molar-refractivity contribution in [2.24, 2.45) is 4.99 Å². The van der Waals surface area contributed by atoms with Gasteiger partial charge in [0.15, 0.2) is 5.96 Å². The van der Waals surface area contributed by atoms with Gasteiger partial charge in [0, 0.05) is 19.7 Å². The van der Waals surface area contributed by atoms with E-state index in [0.29, 0.717) is 6.10 Å². The Morgan fingerprint density at radius 2 is 2.22 bits per heavy atom. The Labute approximate surface area is 111 Å². The number of hydrogen-bond donors (Lipinski definition) is 2. The first-order chi connectivity index (χ1) is 8.72. The third-order valence-electron chi connectivity index (χ3n) is 2.90. The third kappa shape index (κ3) is 6.81. The summed E-state index contributed by atoms with van der Waals surface area (Å²) in [4.78, 5) is 6.76. The highest BCUT2D eigenvalue weighted by atomic mass is 16.5. The standard InChI is InChI=1S/C13H28N4O/c1-4-14-13(15-8-6-9-17(2)3)16-11-12-7-5-10-18-12/h12H,4-11H2,1-3H3,(H2,14,15,16). The van der Waals surface area contributed by atoms with Gasteiger partial charge in [-0.05, 0) is 46.8 Å². The molecule has 0 aromatic rings. The van der Waals surface area contributed by atoms with Crippen molar-refractivity contribution in [2.45, 2.75) is 32.3 Å². The van der Waals surface area contributed by atoms with Gasteiger partial charge in [0.25, 0.3) is 0 Å². The predicted octanol–water partition coefficient (Wildman–Crippen LogP) is 0.672. The normalized spacial score (nSPS) is 20.4. The second-order valence-corrected chi connectivity index (χ2v) is 4.94. The Bertz CT molecular complexity index is 237. The zero-order chi connectivity index (χ0) is 13.2. The fourth-order valence-electron chi connectivity index (χ4n) is 1.93. The van der Waals surface area contributed by atoms with Crippen LogP contribution in [0.1, 0.15) is 26.2 Å². The van der Waals surface area contributed by atoms with Crippen LogP contribution in [0.25, 0.3) is 0 Å². The molecule has 1 aliphatic heterocycles. The van der Waals surface area contributed by atoms with Gasteiger partial charge in [-0.15, -0.1) is 0 Å². The predicted molar refractivity (Wildman–Crippen MR) is 76.1 cm³/mol. The molecule has 0 radical (unpaired) electrons. The molecular weight excluding hydrogens is 228 g/mol. The number of ether oxygens (including phenoxy) is 1. The summed E-state index contributed by atoms with van der Waals surface area (Å²) in [6.07, 6.45) is 3.76. The highest BCUT2D eigenvalue weighted by Gasteiger charge is 2.14. The summed E-state index contributed by atoms with van der Waals surface area (Å²) in [5, 5.41) is 6.62. The van der Waals surface area contributed by atoms with E-state index in [1.807, 2.05) is 0 Å². The van der Waals surface area contributed by atoms with Crippen molar-refractivity contribution < 1.29 is 4.74 Å². The van der Waals surface area contributed by atoms with Gasteiger partial charge >= 0.3 is 0 Å². The molecule has 0 bridgehead atoms. The van der Waals surface area contributed by atoms with Crippen LogP contribution in [0.4, 0.5) is 0 Å². The van der Waals surface area contributed by atoms with E-state index in [2.05, 4.69) is 41.5 Å². The first-order valence-corrected chi connectivity index (χ1v) is 7.01. The van der Waals surface area contributed by atoms with E-state index in [1.165, 1.54) is 6.42 Å². The van der Waals surface area contributed by atoms with E-state index in [0.717, 1.165) is 51.6 Å². The van der Waals surface area contributed by atoms with Crippen LogP contribution < -0.4 is 10.6 Å². The van der Waals surface area contributed by atoms with E-state index in [4.69, 9.17) is 4.74 Å². The molecule has 106 valence electrons. The number of rotatable bonds is 7. The molecule has 1 heterocycles. The molecule has 1 atom stereocenters. The molecular formula is C13H28N4O. The minimum absolute atomic E-state index is 0.322. The molecule has 1 unspecified atom stereocenters. The minimum Gasteiger partial charge on any atom is -0.376 e. The topological polar surface area (TPSA) is 48.9 Å². The highest BCUT2D eigenvalue weighted by Crippen LogP contribution is 2.11. The molecule has 0 amide bonds. The SMILES string of the molecule is CCNC(=NCC1CCCO1)NCCCN(C)C. The van der Waals surface area contributed by atoms with Gasteiger partial charge in [0.2, 0.25) is 0 Å². The zero-order valence-electron chi connectivity index (χ0n) is 12.0. The first kappa shape index (κ1) is 15.2. The summed E-state index contributed by atoms with van der Waals surface area (Å²) >= 11 is 0. The van der Waals surface area contributed by atoms with Crippen LogP contribution in [0.3, 0.4) is 0 Å². The van der Waals surface area contributed by atoms with Gasteiger partial charge in [0.05, 0.1) is 12.6 Å². The largest absolute Gasteiger partial charge is 0.376 e. The number of nitrogens with one attached hydrogen (secondary N) is 2. The second-order valence-electron chi connectivity index (χ2n) is 4.94.